The predicted octanol–water partition coefficient (Wildman–Crippen LogP) is 0.292. The molecule has 2 N–H and O–H groups in total. The Balaban J connectivity index is 1.64. The van der Waals surface area contributed by atoms with Crippen LogP contribution in [0.15, 0.2) is 18.7 Å². The van der Waals surface area contributed by atoms with Gasteiger partial charge in [0.25, 0.3) is 0 Å². The van der Waals surface area contributed by atoms with Crippen LogP contribution in [0.25, 0.3) is 0 Å². The van der Waals surface area contributed by atoms with Gasteiger partial charge in [0.1, 0.15) is 0 Å². The van der Waals surface area contributed by atoms with E-state index >= 15 is 0 Å². The lowest BCUT2D eigenvalue weighted by Gasteiger charge is -2.32. The first-order chi connectivity index (χ1) is 10.1. The molecular formula is C14H25N5O2. The predicted molar refractivity (Wildman–Crippen MR) is 80.1 cm³/mol. The zero-order chi connectivity index (χ0) is 15.1. The first kappa shape index (κ1) is 15.8. The van der Waals surface area contributed by atoms with Gasteiger partial charge in [0, 0.05) is 50.7 Å². The molecule has 1 aliphatic rings. The van der Waals surface area contributed by atoms with Crippen LogP contribution in [0.2, 0.25) is 0 Å². The standard InChI is InChI=1S/C14H25N5O2/c1-12(10-18-4-3-15-11-18)17-14(20)16-9-13(2)19-5-7-21-8-6-19/h3-4,11-13H,5-10H2,1-2H3,(H2,16,17,20)/t12-,13-/m0/s1. The summed E-state index contributed by atoms with van der Waals surface area (Å²) in [5.74, 6) is 0. The number of rotatable bonds is 6. The lowest BCUT2D eigenvalue weighted by atomic mass is 10.2. The second-order valence-corrected chi connectivity index (χ2v) is 5.51. The van der Waals surface area contributed by atoms with Crippen molar-refractivity contribution in [1.82, 2.24) is 25.1 Å². The highest BCUT2D eigenvalue weighted by atomic mass is 16.5. The van der Waals surface area contributed by atoms with Crippen LogP contribution in [0.5, 0.6) is 0 Å². The Morgan fingerprint density at radius 3 is 2.81 bits per heavy atom. The first-order valence-corrected chi connectivity index (χ1v) is 7.47. The van der Waals surface area contributed by atoms with Crippen molar-refractivity contribution in [2.45, 2.75) is 32.5 Å². The highest BCUT2D eigenvalue weighted by Crippen LogP contribution is 2.02. The van der Waals surface area contributed by atoms with Gasteiger partial charge in [-0.05, 0) is 13.8 Å². The molecule has 1 fully saturated rings. The van der Waals surface area contributed by atoms with E-state index in [1.807, 2.05) is 17.7 Å². The van der Waals surface area contributed by atoms with Crippen molar-refractivity contribution < 1.29 is 9.53 Å². The van der Waals surface area contributed by atoms with Gasteiger partial charge in [0.05, 0.1) is 19.5 Å². The minimum absolute atomic E-state index is 0.0536. The van der Waals surface area contributed by atoms with Crippen LogP contribution >= 0.6 is 0 Å². The van der Waals surface area contributed by atoms with E-state index in [2.05, 4.69) is 27.4 Å². The van der Waals surface area contributed by atoms with Gasteiger partial charge in [-0.15, -0.1) is 0 Å². The fourth-order valence-corrected chi connectivity index (χ4v) is 2.42. The number of ether oxygens (including phenoxy) is 1. The van der Waals surface area contributed by atoms with Crippen LogP contribution in [0.4, 0.5) is 4.79 Å². The molecule has 7 heteroatoms. The van der Waals surface area contributed by atoms with Gasteiger partial charge in [-0.2, -0.15) is 0 Å². The number of carbonyl (C=O) groups excluding carboxylic acids is 1. The summed E-state index contributed by atoms with van der Waals surface area (Å²) in [5, 5.41) is 5.87. The Morgan fingerprint density at radius 1 is 1.38 bits per heavy atom. The number of urea groups is 1. The fourth-order valence-electron chi connectivity index (χ4n) is 2.42. The number of nitrogens with zero attached hydrogens (tertiary/aromatic N) is 3. The maximum Gasteiger partial charge on any atom is 0.315 e. The van der Waals surface area contributed by atoms with Crippen LogP contribution in [0.3, 0.4) is 0 Å². The molecule has 1 aromatic heterocycles. The molecule has 2 amide bonds. The third-order valence-electron chi connectivity index (χ3n) is 3.65. The van der Waals surface area contributed by atoms with Crippen molar-refractivity contribution in [1.29, 1.82) is 0 Å². The molecule has 2 atom stereocenters. The Kier molecular flexibility index (Phi) is 6.01. The molecule has 0 aromatic carbocycles. The number of aromatic nitrogens is 2. The summed E-state index contributed by atoms with van der Waals surface area (Å²) >= 11 is 0. The molecule has 1 saturated heterocycles. The molecule has 21 heavy (non-hydrogen) atoms. The lowest BCUT2D eigenvalue weighted by molar-refractivity contribution is 0.0209. The van der Waals surface area contributed by atoms with Crippen LogP contribution in [0, 0.1) is 0 Å². The Bertz CT molecular complexity index is 417. The minimum atomic E-state index is -0.122. The topological polar surface area (TPSA) is 71.4 Å². The fraction of sp³-hybridized carbons (Fsp3) is 0.714. The summed E-state index contributed by atoms with van der Waals surface area (Å²) in [5.41, 5.74) is 0. The summed E-state index contributed by atoms with van der Waals surface area (Å²) in [6, 6.07) is 0.254. The summed E-state index contributed by atoms with van der Waals surface area (Å²) in [6.45, 7) is 8.88. The first-order valence-electron chi connectivity index (χ1n) is 7.47. The van der Waals surface area contributed by atoms with Gasteiger partial charge in [0.2, 0.25) is 0 Å². The maximum absolute atomic E-state index is 11.9. The van der Waals surface area contributed by atoms with Gasteiger partial charge in [-0.3, -0.25) is 4.90 Å². The van der Waals surface area contributed by atoms with E-state index in [0.717, 1.165) is 26.3 Å². The average Bonchev–Trinajstić information content (AvgIpc) is 2.98. The Hall–Kier alpha value is -1.60. The van der Waals surface area contributed by atoms with E-state index < -0.39 is 0 Å². The van der Waals surface area contributed by atoms with Crippen molar-refractivity contribution in [3.63, 3.8) is 0 Å². The van der Waals surface area contributed by atoms with E-state index in [-0.39, 0.29) is 12.1 Å². The third-order valence-corrected chi connectivity index (χ3v) is 3.65. The Labute approximate surface area is 125 Å². The second kappa shape index (κ2) is 7.99. The molecule has 1 aromatic rings. The lowest BCUT2D eigenvalue weighted by Crippen LogP contribution is -2.50. The number of amides is 2. The molecule has 0 bridgehead atoms. The van der Waals surface area contributed by atoms with E-state index in [4.69, 9.17) is 4.74 Å². The zero-order valence-electron chi connectivity index (χ0n) is 12.8. The molecule has 2 heterocycles. The quantitative estimate of drug-likeness (QED) is 0.791. The highest BCUT2D eigenvalue weighted by molar-refractivity contribution is 5.74. The molecule has 118 valence electrons. The van der Waals surface area contributed by atoms with E-state index in [9.17, 15) is 4.79 Å². The van der Waals surface area contributed by atoms with Crippen molar-refractivity contribution in [2.24, 2.45) is 0 Å². The minimum Gasteiger partial charge on any atom is -0.379 e. The number of nitrogens with one attached hydrogen (secondary N) is 2. The van der Waals surface area contributed by atoms with Gasteiger partial charge in [-0.25, -0.2) is 9.78 Å². The summed E-state index contributed by atoms with van der Waals surface area (Å²) in [4.78, 5) is 18.2. The number of carbonyl (C=O) groups is 1. The smallest absolute Gasteiger partial charge is 0.315 e. The molecule has 1 aliphatic heterocycles. The van der Waals surface area contributed by atoms with E-state index in [1.54, 1.807) is 12.5 Å². The number of hydrogen-bond donors (Lipinski definition) is 2. The van der Waals surface area contributed by atoms with Gasteiger partial charge in [-0.1, -0.05) is 0 Å². The van der Waals surface area contributed by atoms with Crippen molar-refractivity contribution in [3.05, 3.63) is 18.7 Å². The second-order valence-electron chi connectivity index (χ2n) is 5.51. The third kappa shape index (κ3) is 5.35. The molecule has 7 nitrogen and oxygen atoms in total. The van der Waals surface area contributed by atoms with Gasteiger partial charge >= 0.3 is 6.03 Å². The van der Waals surface area contributed by atoms with Crippen LogP contribution in [-0.4, -0.2) is 65.4 Å². The number of hydrogen-bond acceptors (Lipinski definition) is 4. The zero-order valence-corrected chi connectivity index (χ0v) is 12.8. The molecule has 0 radical (unpaired) electrons. The molecule has 0 spiro atoms. The number of imidazole rings is 1. The van der Waals surface area contributed by atoms with E-state index in [0.29, 0.717) is 19.1 Å². The number of morpholine rings is 1. The normalized spacial score (nSPS) is 19.0. The summed E-state index contributed by atoms with van der Waals surface area (Å²) in [7, 11) is 0. The molecule has 0 unspecified atom stereocenters. The molecule has 2 rings (SSSR count). The van der Waals surface area contributed by atoms with Crippen molar-refractivity contribution >= 4 is 6.03 Å². The largest absolute Gasteiger partial charge is 0.379 e. The van der Waals surface area contributed by atoms with E-state index in [1.165, 1.54) is 0 Å². The monoisotopic (exact) mass is 295 g/mol. The van der Waals surface area contributed by atoms with Crippen molar-refractivity contribution in [2.75, 3.05) is 32.8 Å². The van der Waals surface area contributed by atoms with Crippen LogP contribution in [0.1, 0.15) is 13.8 Å². The van der Waals surface area contributed by atoms with Crippen LogP contribution in [-0.2, 0) is 11.3 Å². The summed E-state index contributed by atoms with van der Waals surface area (Å²) < 4.78 is 7.27. The Morgan fingerprint density at radius 2 is 2.14 bits per heavy atom. The average molecular weight is 295 g/mol. The van der Waals surface area contributed by atoms with Crippen LogP contribution < -0.4 is 10.6 Å². The maximum atomic E-state index is 11.9. The molecule has 0 aliphatic carbocycles. The van der Waals surface area contributed by atoms with Crippen molar-refractivity contribution in [3.8, 4) is 0 Å². The molecular weight excluding hydrogens is 270 g/mol. The summed E-state index contributed by atoms with van der Waals surface area (Å²) in [6.07, 6.45) is 5.37. The highest BCUT2D eigenvalue weighted by Gasteiger charge is 2.17. The van der Waals surface area contributed by atoms with Gasteiger partial charge in [0.15, 0.2) is 0 Å². The SMILES string of the molecule is C[C@@H](Cn1ccnc1)NC(=O)NC[C@H](C)N1CCOCC1. The van der Waals surface area contributed by atoms with Gasteiger partial charge < -0.3 is 19.9 Å². The molecule has 0 saturated carbocycles.